The molecule has 3 rings (SSSR count). The van der Waals surface area contributed by atoms with Gasteiger partial charge in [-0.2, -0.15) is 0 Å². The predicted molar refractivity (Wildman–Crippen MR) is 120 cm³/mol. The molecule has 0 spiro atoms. The molecule has 0 radical (unpaired) electrons. The minimum Gasteiger partial charge on any atom is -0.489 e. The molecule has 3 aromatic rings. The third-order valence-electron chi connectivity index (χ3n) is 3.75. The lowest BCUT2D eigenvalue weighted by Gasteiger charge is -2.12. The van der Waals surface area contributed by atoms with E-state index in [-0.39, 0.29) is 11.0 Å². The van der Waals surface area contributed by atoms with Gasteiger partial charge in [-0.15, -0.1) is 0 Å². The summed E-state index contributed by atoms with van der Waals surface area (Å²) in [7, 11) is 0. The molecule has 2 N–H and O–H groups in total. The number of carbonyl (C=O) groups is 1. The van der Waals surface area contributed by atoms with Crippen molar-refractivity contribution in [3.63, 3.8) is 0 Å². The Labute approximate surface area is 182 Å². The zero-order valence-electron chi connectivity index (χ0n) is 14.6. The summed E-state index contributed by atoms with van der Waals surface area (Å²) in [4.78, 5) is 12.5. The summed E-state index contributed by atoms with van der Waals surface area (Å²) in [6.07, 6.45) is 0. The van der Waals surface area contributed by atoms with Crippen molar-refractivity contribution in [2.45, 2.75) is 6.61 Å². The minimum atomic E-state index is -0.337. The molecule has 0 unspecified atom stereocenters. The van der Waals surface area contributed by atoms with Gasteiger partial charge in [0.15, 0.2) is 5.11 Å². The Bertz CT molecular complexity index is 999. The molecule has 0 fully saturated rings. The van der Waals surface area contributed by atoms with Gasteiger partial charge < -0.3 is 10.1 Å². The lowest BCUT2D eigenvalue weighted by Crippen LogP contribution is -2.34. The first-order valence-electron chi connectivity index (χ1n) is 8.35. The van der Waals surface area contributed by atoms with Crippen LogP contribution in [0.5, 0.6) is 5.75 Å². The highest BCUT2D eigenvalue weighted by molar-refractivity contribution is 9.10. The number of hydrogen-bond donors (Lipinski definition) is 2. The minimum absolute atomic E-state index is 0.157. The number of carbonyl (C=O) groups excluding carboxylic acids is 1. The van der Waals surface area contributed by atoms with Crippen LogP contribution < -0.4 is 15.4 Å². The molecule has 3 aromatic carbocycles. The zero-order valence-corrected chi connectivity index (χ0v) is 17.8. The molecule has 0 saturated carbocycles. The second-order valence-electron chi connectivity index (χ2n) is 5.83. The van der Waals surface area contributed by atoms with Crippen LogP contribution in [-0.4, -0.2) is 11.0 Å². The Morgan fingerprint density at radius 3 is 2.57 bits per heavy atom. The third-order valence-corrected chi connectivity index (χ3v) is 4.76. The summed E-state index contributed by atoms with van der Waals surface area (Å²) in [6, 6.07) is 22.1. The molecule has 0 atom stereocenters. The molecule has 0 aromatic heterocycles. The van der Waals surface area contributed by atoms with Gasteiger partial charge in [0, 0.05) is 10.0 Å². The fraction of sp³-hybridized carbons (Fsp3) is 0.0476. The number of hydrogen-bond acceptors (Lipinski definition) is 3. The molecule has 7 heteroatoms. The van der Waals surface area contributed by atoms with Crippen molar-refractivity contribution in [2.75, 3.05) is 5.32 Å². The number of ether oxygens (including phenoxy) is 1. The van der Waals surface area contributed by atoms with Gasteiger partial charge >= 0.3 is 0 Å². The van der Waals surface area contributed by atoms with Gasteiger partial charge in [0.25, 0.3) is 5.91 Å². The van der Waals surface area contributed by atoms with E-state index < -0.39 is 0 Å². The molecule has 0 aliphatic heterocycles. The van der Waals surface area contributed by atoms with Crippen molar-refractivity contribution in [2.24, 2.45) is 0 Å². The fourth-order valence-corrected chi connectivity index (χ4v) is 3.31. The van der Waals surface area contributed by atoms with Crippen LogP contribution in [0.15, 0.2) is 77.3 Å². The lowest BCUT2D eigenvalue weighted by molar-refractivity contribution is 0.0977. The van der Waals surface area contributed by atoms with Crippen molar-refractivity contribution in [1.29, 1.82) is 0 Å². The van der Waals surface area contributed by atoms with Crippen LogP contribution in [0.25, 0.3) is 0 Å². The standard InChI is InChI=1S/C21H16BrClN2O2S/c22-16-9-10-19(18(23)12-16)24-21(28)25-20(26)15-7-4-8-17(11-15)27-13-14-5-2-1-3-6-14/h1-12H,13H2,(H2,24,25,26,28). The Morgan fingerprint density at radius 2 is 1.82 bits per heavy atom. The molecule has 0 saturated heterocycles. The van der Waals surface area contributed by atoms with Gasteiger partial charge in [-0.05, 0) is 54.2 Å². The quantitative estimate of drug-likeness (QED) is 0.457. The van der Waals surface area contributed by atoms with Gasteiger partial charge in [0.05, 0.1) is 10.7 Å². The summed E-state index contributed by atoms with van der Waals surface area (Å²) >= 11 is 14.7. The van der Waals surface area contributed by atoms with E-state index in [2.05, 4.69) is 26.6 Å². The van der Waals surface area contributed by atoms with Crippen molar-refractivity contribution in [3.05, 3.63) is 93.4 Å². The maximum atomic E-state index is 12.5. The number of thiocarbonyl (C=S) groups is 1. The number of anilines is 1. The van der Waals surface area contributed by atoms with Crippen LogP contribution in [0.3, 0.4) is 0 Å². The topological polar surface area (TPSA) is 50.4 Å². The Kier molecular flexibility index (Phi) is 7.03. The summed E-state index contributed by atoms with van der Waals surface area (Å²) < 4.78 is 6.61. The monoisotopic (exact) mass is 474 g/mol. The van der Waals surface area contributed by atoms with Crippen molar-refractivity contribution >= 4 is 56.5 Å². The van der Waals surface area contributed by atoms with E-state index in [0.29, 0.717) is 28.6 Å². The first-order chi connectivity index (χ1) is 13.5. The van der Waals surface area contributed by atoms with Crippen LogP contribution >= 0.6 is 39.7 Å². The van der Waals surface area contributed by atoms with Crippen LogP contribution in [0.1, 0.15) is 15.9 Å². The Balaban J connectivity index is 1.60. The smallest absolute Gasteiger partial charge is 0.257 e. The van der Waals surface area contributed by atoms with Gasteiger partial charge in [-0.1, -0.05) is 63.9 Å². The maximum absolute atomic E-state index is 12.5. The van der Waals surface area contributed by atoms with Gasteiger partial charge in [-0.25, -0.2) is 0 Å². The van der Waals surface area contributed by atoms with Crippen molar-refractivity contribution in [1.82, 2.24) is 5.32 Å². The van der Waals surface area contributed by atoms with E-state index in [1.165, 1.54) is 0 Å². The SMILES string of the molecule is O=C(NC(=S)Nc1ccc(Br)cc1Cl)c1cccc(OCc2ccccc2)c1. The van der Waals surface area contributed by atoms with Gasteiger partial charge in [-0.3, -0.25) is 10.1 Å². The molecule has 0 bridgehead atoms. The maximum Gasteiger partial charge on any atom is 0.257 e. The highest BCUT2D eigenvalue weighted by atomic mass is 79.9. The molecule has 28 heavy (non-hydrogen) atoms. The van der Waals surface area contributed by atoms with Crippen LogP contribution in [0.2, 0.25) is 5.02 Å². The normalized spacial score (nSPS) is 10.2. The molecule has 0 aliphatic carbocycles. The number of halogens is 2. The second-order valence-corrected chi connectivity index (χ2v) is 7.57. The Hall–Kier alpha value is -2.41. The average Bonchev–Trinajstić information content (AvgIpc) is 2.69. The Morgan fingerprint density at radius 1 is 1.04 bits per heavy atom. The van der Waals surface area contributed by atoms with Crippen LogP contribution in [-0.2, 0) is 6.61 Å². The first-order valence-corrected chi connectivity index (χ1v) is 9.93. The molecular weight excluding hydrogens is 460 g/mol. The van der Waals surface area contributed by atoms with E-state index in [1.807, 2.05) is 36.4 Å². The molecule has 142 valence electrons. The number of benzene rings is 3. The molecule has 1 amide bonds. The number of rotatable bonds is 5. The summed E-state index contributed by atoms with van der Waals surface area (Å²) in [5, 5.41) is 6.20. The van der Waals surface area contributed by atoms with E-state index in [4.69, 9.17) is 28.6 Å². The summed E-state index contributed by atoms with van der Waals surface area (Å²) in [6.45, 7) is 0.425. The van der Waals surface area contributed by atoms with E-state index >= 15 is 0 Å². The fourth-order valence-electron chi connectivity index (χ4n) is 2.39. The third kappa shape index (κ3) is 5.79. The summed E-state index contributed by atoms with van der Waals surface area (Å²) in [5.41, 5.74) is 2.10. The predicted octanol–water partition coefficient (Wildman–Crippen LogP) is 5.81. The number of nitrogens with one attached hydrogen (secondary N) is 2. The van der Waals surface area contributed by atoms with E-state index in [1.54, 1.807) is 36.4 Å². The highest BCUT2D eigenvalue weighted by Gasteiger charge is 2.10. The lowest BCUT2D eigenvalue weighted by atomic mass is 10.2. The summed E-state index contributed by atoms with van der Waals surface area (Å²) in [5.74, 6) is 0.266. The van der Waals surface area contributed by atoms with Crippen molar-refractivity contribution in [3.8, 4) is 5.75 Å². The average molecular weight is 476 g/mol. The van der Waals surface area contributed by atoms with Gasteiger partial charge in [0.2, 0.25) is 0 Å². The molecule has 0 aliphatic rings. The largest absolute Gasteiger partial charge is 0.489 e. The molecule has 0 heterocycles. The first kappa shape index (κ1) is 20.3. The van der Waals surface area contributed by atoms with Gasteiger partial charge in [0.1, 0.15) is 12.4 Å². The molecular formula is C21H16BrClN2O2S. The van der Waals surface area contributed by atoms with E-state index in [0.717, 1.165) is 10.0 Å². The number of amides is 1. The van der Waals surface area contributed by atoms with Crippen LogP contribution in [0.4, 0.5) is 5.69 Å². The van der Waals surface area contributed by atoms with E-state index in [9.17, 15) is 4.79 Å². The second kappa shape index (κ2) is 9.68. The highest BCUT2D eigenvalue weighted by Crippen LogP contribution is 2.25. The molecule has 4 nitrogen and oxygen atoms in total. The van der Waals surface area contributed by atoms with Crippen molar-refractivity contribution < 1.29 is 9.53 Å². The zero-order chi connectivity index (χ0) is 19.9. The van der Waals surface area contributed by atoms with Crippen LogP contribution in [0, 0.1) is 0 Å².